The van der Waals surface area contributed by atoms with E-state index in [4.69, 9.17) is 0 Å². The first-order valence-corrected chi connectivity index (χ1v) is 10.2. The Balaban J connectivity index is 1.54. The highest BCUT2D eigenvalue weighted by Crippen LogP contribution is 2.30. The van der Waals surface area contributed by atoms with Gasteiger partial charge in [0.2, 0.25) is 0 Å². The van der Waals surface area contributed by atoms with E-state index >= 15 is 0 Å². The molecule has 2 aromatic heterocycles. The van der Waals surface area contributed by atoms with E-state index in [0.29, 0.717) is 15.9 Å². The highest BCUT2D eigenvalue weighted by molar-refractivity contribution is 7.89. The Morgan fingerprint density at radius 1 is 1.21 bits per heavy atom. The van der Waals surface area contributed by atoms with Gasteiger partial charge in [0, 0.05) is 4.88 Å². The number of hydrazine groups is 1. The summed E-state index contributed by atoms with van der Waals surface area (Å²) in [5.74, 6) is -0.457. The normalized spacial score (nSPS) is 14.0. The molecule has 0 unspecified atom stereocenters. The third-order valence-corrected chi connectivity index (χ3v) is 6.87. The van der Waals surface area contributed by atoms with Crippen molar-refractivity contribution in [1.29, 1.82) is 0 Å². The Labute approximate surface area is 146 Å². The molecule has 10 heteroatoms. The van der Waals surface area contributed by atoms with Crippen LogP contribution in [-0.4, -0.2) is 23.1 Å². The van der Waals surface area contributed by atoms with Gasteiger partial charge in [-0.15, -0.1) is 16.2 Å². The number of carbonyl (C=O) groups excluding carboxylic acids is 1. The minimum Gasteiger partial charge on any atom is -0.273 e. The fraction of sp³-hybridized carbons (Fsp3) is 0.214. The quantitative estimate of drug-likeness (QED) is 0.673. The Hall–Kier alpha value is -1.88. The number of hydrogen-bond acceptors (Lipinski definition) is 7. The maximum atomic E-state index is 12.4. The lowest BCUT2D eigenvalue weighted by Gasteiger charge is -2.07. The second-order valence-corrected chi connectivity index (χ2v) is 8.68. The number of aryl methyl sites for hydroxylation is 2. The molecule has 124 valence electrons. The van der Waals surface area contributed by atoms with Crippen LogP contribution >= 0.6 is 23.1 Å². The average Bonchev–Trinajstić information content (AvgIpc) is 3.26. The van der Waals surface area contributed by atoms with Crippen LogP contribution in [0.2, 0.25) is 0 Å². The standard InChI is InChI=1S/C14H12N4O3S3/c19-14(11-7-8-3-1-5-10(8)22-11)15-18-24(20,21)12-6-2-4-9-13(12)17-23-16-9/h2,4,6-7,18H,1,3,5H2,(H,15,19). The molecule has 1 aliphatic carbocycles. The number of fused-ring (bicyclic) bond motifs is 2. The number of thiophene rings is 1. The van der Waals surface area contributed by atoms with Gasteiger partial charge in [-0.3, -0.25) is 10.2 Å². The van der Waals surface area contributed by atoms with Gasteiger partial charge in [0.15, 0.2) is 0 Å². The topological polar surface area (TPSA) is 101 Å². The minimum atomic E-state index is -3.93. The van der Waals surface area contributed by atoms with Crippen molar-refractivity contribution in [2.24, 2.45) is 0 Å². The molecule has 0 saturated heterocycles. The predicted octanol–water partition coefficient (Wildman–Crippen LogP) is 1.86. The van der Waals surface area contributed by atoms with Crippen LogP contribution in [0.4, 0.5) is 0 Å². The van der Waals surface area contributed by atoms with E-state index < -0.39 is 15.9 Å². The Morgan fingerprint density at radius 3 is 2.92 bits per heavy atom. The highest BCUT2D eigenvalue weighted by Gasteiger charge is 2.22. The van der Waals surface area contributed by atoms with Crippen molar-refractivity contribution in [3.8, 4) is 0 Å². The van der Waals surface area contributed by atoms with Gasteiger partial charge >= 0.3 is 0 Å². The maximum absolute atomic E-state index is 12.4. The minimum absolute atomic E-state index is 0.0114. The molecule has 0 atom stereocenters. The predicted molar refractivity (Wildman–Crippen MR) is 91.5 cm³/mol. The van der Waals surface area contributed by atoms with E-state index in [2.05, 4.69) is 19.0 Å². The summed E-state index contributed by atoms with van der Waals surface area (Å²) in [6, 6.07) is 6.53. The summed E-state index contributed by atoms with van der Waals surface area (Å²) in [4.78, 5) is 16.0. The number of hydrogen-bond donors (Lipinski definition) is 2. The first kappa shape index (κ1) is 15.6. The second kappa shape index (κ2) is 5.88. The molecule has 24 heavy (non-hydrogen) atoms. The van der Waals surface area contributed by atoms with Crippen LogP contribution in [0.5, 0.6) is 0 Å². The molecule has 7 nitrogen and oxygen atoms in total. The smallest absolute Gasteiger partial charge is 0.273 e. The van der Waals surface area contributed by atoms with Gasteiger partial charge in [0.05, 0.1) is 16.6 Å². The van der Waals surface area contributed by atoms with Gasteiger partial charge in [0.25, 0.3) is 15.9 Å². The summed E-state index contributed by atoms with van der Waals surface area (Å²) >= 11 is 2.35. The Morgan fingerprint density at radius 2 is 2.08 bits per heavy atom. The summed E-state index contributed by atoms with van der Waals surface area (Å²) in [7, 11) is -3.93. The summed E-state index contributed by atoms with van der Waals surface area (Å²) in [5.41, 5.74) is 4.25. The lowest BCUT2D eigenvalue weighted by atomic mass is 10.2. The molecule has 1 aromatic carbocycles. The van der Waals surface area contributed by atoms with Crippen LogP contribution in [0.1, 0.15) is 26.5 Å². The van der Waals surface area contributed by atoms with Crippen LogP contribution in [0.15, 0.2) is 29.2 Å². The van der Waals surface area contributed by atoms with Crippen LogP contribution in [0.3, 0.4) is 0 Å². The van der Waals surface area contributed by atoms with Crippen LogP contribution in [-0.2, 0) is 22.9 Å². The van der Waals surface area contributed by atoms with Crippen molar-refractivity contribution in [3.05, 3.63) is 39.6 Å². The zero-order chi connectivity index (χ0) is 16.7. The molecule has 2 N–H and O–H groups in total. The number of aromatic nitrogens is 2. The van der Waals surface area contributed by atoms with Crippen LogP contribution < -0.4 is 10.3 Å². The van der Waals surface area contributed by atoms with Gasteiger partial charge in [-0.2, -0.15) is 8.75 Å². The number of amides is 1. The number of benzene rings is 1. The van der Waals surface area contributed by atoms with Crippen molar-refractivity contribution in [1.82, 2.24) is 19.0 Å². The largest absolute Gasteiger partial charge is 0.276 e. The van der Waals surface area contributed by atoms with E-state index in [1.54, 1.807) is 12.1 Å². The molecule has 4 rings (SSSR count). The van der Waals surface area contributed by atoms with Crippen molar-refractivity contribution in [3.63, 3.8) is 0 Å². The molecule has 0 fully saturated rings. The molecule has 3 aromatic rings. The Kier molecular flexibility index (Phi) is 3.83. The number of nitrogens with one attached hydrogen (secondary N) is 2. The van der Waals surface area contributed by atoms with Crippen LogP contribution in [0.25, 0.3) is 11.0 Å². The number of sulfonamides is 1. The summed E-state index contributed by atoms with van der Waals surface area (Å²) in [6.07, 6.45) is 3.07. The summed E-state index contributed by atoms with van der Waals surface area (Å²) in [6.45, 7) is 0. The van der Waals surface area contributed by atoms with Gasteiger partial charge in [0.1, 0.15) is 15.9 Å². The van der Waals surface area contributed by atoms with E-state index in [1.165, 1.54) is 27.8 Å². The van der Waals surface area contributed by atoms with E-state index in [1.807, 2.05) is 6.07 Å². The third-order valence-electron chi connectivity index (χ3n) is 3.81. The fourth-order valence-corrected chi connectivity index (χ4v) is 5.43. The van der Waals surface area contributed by atoms with Gasteiger partial charge in [-0.25, -0.2) is 8.42 Å². The van der Waals surface area contributed by atoms with Crippen molar-refractivity contribution in [2.45, 2.75) is 24.2 Å². The summed E-state index contributed by atoms with van der Waals surface area (Å²) < 4.78 is 32.9. The van der Waals surface area contributed by atoms with E-state index in [-0.39, 0.29) is 4.90 Å². The molecular formula is C14H12N4O3S3. The zero-order valence-electron chi connectivity index (χ0n) is 12.3. The van der Waals surface area contributed by atoms with E-state index in [0.717, 1.165) is 31.0 Å². The van der Waals surface area contributed by atoms with Gasteiger partial charge in [-0.1, -0.05) is 6.07 Å². The number of rotatable bonds is 4. The van der Waals surface area contributed by atoms with Gasteiger partial charge < -0.3 is 0 Å². The monoisotopic (exact) mass is 380 g/mol. The SMILES string of the molecule is O=C(NNS(=O)(=O)c1cccc2nsnc12)c1cc2c(s1)CCC2. The molecule has 2 heterocycles. The van der Waals surface area contributed by atoms with E-state index in [9.17, 15) is 13.2 Å². The average molecular weight is 380 g/mol. The molecule has 0 bridgehead atoms. The summed E-state index contributed by atoms with van der Waals surface area (Å²) in [5, 5.41) is 0. The zero-order valence-corrected chi connectivity index (χ0v) is 14.7. The Bertz CT molecular complexity index is 1020. The molecule has 1 amide bonds. The van der Waals surface area contributed by atoms with Crippen molar-refractivity contribution >= 4 is 50.0 Å². The van der Waals surface area contributed by atoms with Gasteiger partial charge in [-0.05, 0) is 43.0 Å². The number of nitrogens with zero attached hydrogens (tertiary/aromatic N) is 2. The first-order valence-electron chi connectivity index (χ1n) is 7.19. The molecular weight excluding hydrogens is 368 g/mol. The number of carbonyl (C=O) groups is 1. The molecule has 0 saturated carbocycles. The molecule has 0 spiro atoms. The van der Waals surface area contributed by atoms with Crippen molar-refractivity contribution in [2.75, 3.05) is 0 Å². The van der Waals surface area contributed by atoms with Crippen LogP contribution in [0, 0.1) is 0 Å². The highest BCUT2D eigenvalue weighted by atomic mass is 32.2. The second-order valence-electron chi connectivity index (χ2n) is 5.36. The molecule has 0 aliphatic heterocycles. The third kappa shape index (κ3) is 2.71. The fourth-order valence-electron chi connectivity index (χ4n) is 2.67. The first-order chi connectivity index (χ1) is 11.5. The van der Waals surface area contributed by atoms with Crippen molar-refractivity contribution < 1.29 is 13.2 Å². The molecule has 1 aliphatic rings. The lowest BCUT2D eigenvalue weighted by Crippen LogP contribution is -2.41. The lowest BCUT2D eigenvalue weighted by molar-refractivity contribution is 0.0949. The molecule has 0 radical (unpaired) electrons. The maximum Gasteiger partial charge on any atom is 0.276 e.